The number of carbonyl (C=O) groups excluding carboxylic acids is 1. The van der Waals surface area contributed by atoms with E-state index in [0.717, 1.165) is 25.9 Å². The van der Waals surface area contributed by atoms with E-state index in [-0.39, 0.29) is 11.4 Å². The molecule has 0 N–H and O–H groups in total. The highest BCUT2D eigenvalue weighted by molar-refractivity contribution is 5.86. The van der Waals surface area contributed by atoms with Crippen molar-refractivity contribution in [3.63, 3.8) is 0 Å². The summed E-state index contributed by atoms with van der Waals surface area (Å²) >= 11 is 0. The topological polar surface area (TPSA) is 32.8 Å². The van der Waals surface area contributed by atoms with E-state index in [2.05, 4.69) is 32.6 Å². The molecule has 0 unspecified atom stereocenters. The lowest BCUT2D eigenvalue weighted by Crippen LogP contribution is -2.71. The molecule has 0 saturated carbocycles. The lowest BCUT2D eigenvalue weighted by Gasteiger charge is -2.53. The zero-order valence-corrected chi connectivity index (χ0v) is 26.9. The Kier molecular flexibility index (Phi) is 19.7. The van der Waals surface area contributed by atoms with E-state index in [1.165, 1.54) is 128 Å². The first-order valence-corrected chi connectivity index (χ1v) is 17.0. The molecule has 1 heterocycles. The Morgan fingerprint density at radius 1 is 0.579 bits per heavy atom. The quantitative estimate of drug-likeness (QED) is 0.109. The van der Waals surface area contributed by atoms with Gasteiger partial charge >= 0.3 is 0 Å². The number of piperazine rings is 1. The first kappa shape index (κ1) is 35.4. The molecule has 1 aliphatic heterocycles. The summed E-state index contributed by atoms with van der Waals surface area (Å²) in [6.07, 6.45) is 29.6. The van der Waals surface area contributed by atoms with Crippen molar-refractivity contribution in [2.75, 3.05) is 19.7 Å². The maximum atomic E-state index is 13.3. The second-order valence-electron chi connectivity index (χ2n) is 13.3. The third-order valence-corrected chi connectivity index (χ3v) is 8.45. The number of amides is 1. The van der Waals surface area contributed by atoms with E-state index in [9.17, 15) is 4.79 Å². The molecule has 1 rings (SSSR count). The number of unbranched alkanes of at least 4 members (excludes halogenated alkanes) is 20. The van der Waals surface area contributed by atoms with Crippen LogP contribution in [0, 0.1) is 0 Å². The summed E-state index contributed by atoms with van der Waals surface area (Å²) in [4.78, 5) is 21.7. The molecule has 1 amide bonds. The van der Waals surface area contributed by atoms with E-state index in [0.29, 0.717) is 6.61 Å². The molecule has 0 aromatic rings. The Bertz CT molecular complexity index is 575. The maximum absolute atomic E-state index is 13.3. The minimum atomic E-state index is -0.612. The van der Waals surface area contributed by atoms with Gasteiger partial charge in [0.1, 0.15) is 5.54 Å². The average molecular weight is 537 g/mol. The second-order valence-corrected chi connectivity index (χ2v) is 13.3. The van der Waals surface area contributed by atoms with Crippen molar-refractivity contribution < 1.29 is 9.63 Å². The van der Waals surface area contributed by atoms with Crippen LogP contribution < -0.4 is 0 Å². The molecular weight excluding hydrogens is 468 g/mol. The molecule has 0 radical (unpaired) electrons. The highest BCUT2D eigenvalue weighted by Gasteiger charge is 2.51. The van der Waals surface area contributed by atoms with Crippen molar-refractivity contribution in [3.8, 4) is 0 Å². The summed E-state index contributed by atoms with van der Waals surface area (Å²) in [7, 11) is 0. The summed E-state index contributed by atoms with van der Waals surface area (Å²) in [6, 6.07) is 0. The molecule has 226 valence electrons. The standard InChI is InChI=1S/C34H68N2O2/c1-7-9-11-13-15-16-17-18-19-20-21-22-23-24-25-27-29-35-31-33(3,4)36(34(5,6)32(35)37)38-30-28-26-14-12-10-8-2/h7-31H2,1-6H3. The van der Waals surface area contributed by atoms with Crippen LogP contribution in [0.3, 0.4) is 0 Å². The van der Waals surface area contributed by atoms with Crippen LogP contribution in [0.25, 0.3) is 0 Å². The zero-order valence-electron chi connectivity index (χ0n) is 26.9. The molecule has 0 bridgehead atoms. The van der Waals surface area contributed by atoms with Crippen LogP contribution in [0.2, 0.25) is 0 Å². The number of hydrogen-bond donors (Lipinski definition) is 0. The lowest BCUT2D eigenvalue weighted by atomic mass is 9.89. The number of hydrogen-bond acceptors (Lipinski definition) is 3. The average Bonchev–Trinajstić information content (AvgIpc) is 2.87. The highest BCUT2D eigenvalue weighted by Crippen LogP contribution is 2.34. The van der Waals surface area contributed by atoms with E-state index in [1.54, 1.807) is 0 Å². The van der Waals surface area contributed by atoms with Gasteiger partial charge in [-0.25, -0.2) is 0 Å². The molecule has 0 aromatic carbocycles. The van der Waals surface area contributed by atoms with Gasteiger partial charge in [-0.05, 0) is 40.5 Å². The van der Waals surface area contributed by atoms with Gasteiger partial charge < -0.3 is 4.90 Å². The van der Waals surface area contributed by atoms with Crippen LogP contribution in [-0.2, 0) is 9.63 Å². The Labute approximate surface area is 239 Å². The van der Waals surface area contributed by atoms with Crippen molar-refractivity contribution in [1.82, 2.24) is 9.96 Å². The minimum Gasteiger partial charge on any atom is -0.339 e. The third kappa shape index (κ3) is 14.7. The molecule has 1 fully saturated rings. The number of rotatable bonds is 25. The minimum absolute atomic E-state index is 0.172. The molecular formula is C34H68N2O2. The van der Waals surface area contributed by atoms with Gasteiger partial charge in [0.2, 0.25) is 5.91 Å². The molecule has 0 spiro atoms. The summed E-state index contributed by atoms with van der Waals surface area (Å²) in [6.45, 7) is 15.4. The fourth-order valence-electron chi connectivity index (χ4n) is 6.24. The summed E-state index contributed by atoms with van der Waals surface area (Å²) in [5.41, 5.74) is -0.784. The van der Waals surface area contributed by atoms with Crippen molar-refractivity contribution >= 4 is 5.91 Å². The van der Waals surface area contributed by atoms with Crippen molar-refractivity contribution in [3.05, 3.63) is 0 Å². The molecule has 0 atom stereocenters. The van der Waals surface area contributed by atoms with Crippen LogP contribution in [0.1, 0.15) is 183 Å². The fraction of sp³-hybridized carbons (Fsp3) is 0.971. The number of nitrogens with zero attached hydrogens (tertiary/aromatic N) is 2. The second kappa shape index (κ2) is 21.2. The summed E-state index contributed by atoms with van der Waals surface area (Å²) in [5, 5.41) is 2.01. The molecule has 4 heteroatoms. The predicted molar refractivity (Wildman–Crippen MR) is 165 cm³/mol. The molecule has 4 nitrogen and oxygen atoms in total. The Morgan fingerprint density at radius 2 is 0.947 bits per heavy atom. The number of carbonyl (C=O) groups is 1. The molecule has 38 heavy (non-hydrogen) atoms. The molecule has 1 saturated heterocycles. The smallest absolute Gasteiger partial charge is 0.244 e. The summed E-state index contributed by atoms with van der Waals surface area (Å²) < 4.78 is 0. The van der Waals surface area contributed by atoms with Crippen molar-refractivity contribution in [2.45, 2.75) is 194 Å². The van der Waals surface area contributed by atoms with Crippen LogP contribution in [0.15, 0.2) is 0 Å². The first-order valence-electron chi connectivity index (χ1n) is 17.0. The molecule has 0 aliphatic carbocycles. The molecule has 0 aromatic heterocycles. The van der Waals surface area contributed by atoms with E-state index in [1.807, 2.05) is 18.9 Å². The largest absolute Gasteiger partial charge is 0.339 e. The van der Waals surface area contributed by atoms with Gasteiger partial charge in [0.05, 0.1) is 12.1 Å². The zero-order chi connectivity index (χ0) is 28.1. The predicted octanol–water partition coefficient (Wildman–Crippen LogP) is 10.2. The van der Waals surface area contributed by atoms with E-state index < -0.39 is 5.54 Å². The lowest BCUT2D eigenvalue weighted by molar-refractivity contribution is -0.279. The van der Waals surface area contributed by atoms with Crippen LogP contribution in [0.5, 0.6) is 0 Å². The first-order chi connectivity index (χ1) is 18.3. The van der Waals surface area contributed by atoms with Crippen LogP contribution in [-0.4, -0.2) is 46.6 Å². The fourth-order valence-corrected chi connectivity index (χ4v) is 6.24. The SMILES string of the molecule is CCCCCCCCCCCCCCCCCCN1CC(C)(C)N(OCCCCCCCC)C(C)(C)C1=O. The van der Waals surface area contributed by atoms with Gasteiger partial charge in [-0.1, -0.05) is 142 Å². The third-order valence-electron chi connectivity index (χ3n) is 8.45. The van der Waals surface area contributed by atoms with Crippen molar-refractivity contribution in [2.24, 2.45) is 0 Å². The maximum Gasteiger partial charge on any atom is 0.244 e. The molecule has 1 aliphatic rings. The Hall–Kier alpha value is -0.610. The van der Waals surface area contributed by atoms with Gasteiger partial charge in [-0.15, -0.1) is 0 Å². The summed E-state index contributed by atoms with van der Waals surface area (Å²) in [5.74, 6) is 0.223. The van der Waals surface area contributed by atoms with E-state index >= 15 is 0 Å². The Morgan fingerprint density at radius 3 is 1.37 bits per heavy atom. The number of hydroxylamine groups is 2. The van der Waals surface area contributed by atoms with Gasteiger partial charge in [-0.2, -0.15) is 5.06 Å². The monoisotopic (exact) mass is 537 g/mol. The Balaban J connectivity index is 2.13. The highest BCUT2D eigenvalue weighted by atomic mass is 16.7. The van der Waals surface area contributed by atoms with Crippen LogP contribution in [0.4, 0.5) is 0 Å². The van der Waals surface area contributed by atoms with Crippen LogP contribution >= 0.6 is 0 Å². The van der Waals surface area contributed by atoms with Gasteiger partial charge in [0.25, 0.3) is 0 Å². The normalized spacial score (nSPS) is 17.4. The van der Waals surface area contributed by atoms with Crippen molar-refractivity contribution in [1.29, 1.82) is 0 Å². The van der Waals surface area contributed by atoms with E-state index in [4.69, 9.17) is 4.84 Å². The van der Waals surface area contributed by atoms with Gasteiger partial charge in [0, 0.05) is 13.1 Å². The van der Waals surface area contributed by atoms with Gasteiger partial charge in [0.15, 0.2) is 0 Å². The van der Waals surface area contributed by atoms with Gasteiger partial charge in [-0.3, -0.25) is 9.63 Å².